The maximum absolute atomic E-state index is 12.7. The molecule has 1 amide bonds. The fraction of sp³-hybridized carbons (Fsp3) is 0.550. The first-order valence-electron chi connectivity index (χ1n) is 9.41. The minimum atomic E-state index is 0.120. The van der Waals surface area contributed by atoms with Gasteiger partial charge >= 0.3 is 0 Å². The summed E-state index contributed by atoms with van der Waals surface area (Å²) in [5.74, 6) is 2.07. The van der Waals surface area contributed by atoms with Gasteiger partial charge in [0.05, 0.1) is 6.54 Å². The van der Waals surface area contributed by atoms with Crippen LogP contribution in [0.3, 0.4) is 0 Å². The Labute approximate surface area is 155 Å². The Morgan fingerprint density at radius 2 is 2.08 bits per heavy atom. The van der Waals surface area contributed by atoms with Crippen LogP contribution in [-0.4, -0.2) is 52.0 Å². The minimum absolute atomic E-state index is 0.120. The van der Waals surface area contributed by atoms with E-state index in [1.165, 1.54) is 0 Å². The quantitative estimate of drug-likeness (QED) is 0.824. The predicted molar refractivity (Wildman–Crippen MR) is 99.8 cm³/mol. The highest BCUT2D eigenvalue weighted by Crippen LogP contribution is 2.13. The Morgan fingerprint density at radius 1 is 1.23 bits per heavy atom. The fourth-order valence-electron chi connectivity index (χ4n) is 3.28. The molecule has 2 heterocycles. The van der Waals surface area contributed by atoms with Gasteiger partial charge in [0.15, 0.2) is 5.82 Å². The molecule has 6 heteroatoms. The Morgan fingerprint density at radius 3 is 2.85 bits per heavy atom. The molecule has 1 aromatic carbocycles. The van der Waals surface area contributed by atoms with Gasteiger partial charge in [-0.15, -0.1) is 0 Å². The number of aromatic nitrogens is 2. The standard InChI is InChI=1S/C20H28N4O2/c1-15(2)12-19-21-18(22-26-19)14-23-8-5-9-24(11-10-23)20(25)17-7-4-6-16(3)13-17/h4,6-7,13,15H,5,8-12,14H2,1-3H3. The molecule has 1 aliphatic heterocycles. The van der Waals surface area contributed by atoms with E-state index in [0.29, 0.717) is 18.4 Å². The zero-order valence-corrected chi connectivity index (χ0v) is 15.9. The molecule has 0 unspecified atom stereocenters. The molecule has 0 bridgehead atoms. The molecule has 2 aromatic rings. The third-order valence-electron chi connectivity index (χ3n) is 4.60. The van der Waals surface area contributed by atoms with Crippen LogP contribution in [0.5, 0.6) is 0 Å². The van der Waals surface area contributed by atoms with Crippen molar-refractivity contribution in [2.45, 2.75) is 40.2 Å². The molecule has 1 saturated heterocycles. The van der Waals surface area contributed by atoms with Crippen LogP contribution in [-0.2, 0) is 13.0 Å². The van der Waals surface area contributed by atoms with E-state index in [9.17, 15) is 4.79 Å². The number of amides is 1. The smallest absolute Gasteiger partial charge is 0.253 e. The van der Waals surface area contributed by atoms with Crippen molar-refractivity contribution in [3.05, 3.63) is 47.1 Å². The van der Waals surface area contributed by atoms with Gasteiger partial charge in [-0.05, 0) is 31.4 Å². The topological polar surface area (TPSA) is 62.5 Å². The molecule has 0 spiro atoms. The molecule has 26 heavy (non-hydrogen) atoms. The van der Waals surface area contributed by atoms with Crippen molar-refractivity contribution in [1.29, 1.82) is 0 Å². The number of nitrogens with zero attached hydrogens (tertiary/aromatic N) is 4. The summed E-state index contributed by atoms with van der Waals surface area (Å²) in [6.07, 6.45) is 1.76. The van der Waals surface area contributed by atoms with Crippen LogP contribution in [0.4, 0.5) is 0 Å². The highest BCUT2D eigenvalue weighted by molar-refractivity contribution is 5.94. The van der Waals surface area contributed by atoms with Crippen LogP contribution in [0.1, 0.15) is 47.9 Å². The molecule has 0 saturated carbocycles. The number of benzene rings is 1. The van der Waals surface area contributed by atoms with Crippen LogP contribution < -0.4 is 0 Å². The number of carbonyl (C=O) groups excluding carboxylic acids is 1. The third kappa shape index (κ3) is 4.91. The van der Waals surface area contributed by atoms with Gasteiger partial charge in [0.2, 0.25) is 5.89 Å². The summed E-state index contributed by atoms with van der Waals surface area (Å²) >= 11 is 0. The molecule has 0 N–H and O–H groups in total. The van der Waals surface area contributed by atoms with Gasteiger partial charge in [0.25, 0.3) is 5.91 Å². The Hall–Kier alpha value is -2.21. The zero-order valence-electron chi connectivity index (χ0n) is 15.9. The lowest BCUT2D eigenvalue weighted by Crippen LogP contribution is -2.35. The van der Waals surface area contributed by atoms with E-state index in [1.807, 2.05) is 36.1 Å². The summed E-state index contributed by atoms with van der Waals surface area (Å²) in [7, 11) is 0. The lowest BCUT2D eigenvalue weighted by atomic mass is 10.1. The van der Waals surface area contributed by atoms with E-state index < -0.39 is 0 Å². The summed E-state index contributed by atoms with van der Waals surface area (Å²) in [5, 5.41) is 4.10. The molecule has 1 aliphatic rings. The maximum atomic E-state index is 12.7. The monoisotopic (exact) mass is 356 g/mol. The second-order valence-electron chi connectivity index (χ2n) is 7.49. The molecular weight excluding hydrogens is 328 g/mol. The Kier molecular flexibility index (Phi) is 6.04. The largest absolute Gasteiger partial charge is 0.339 e. The maximum Gasteiger partial charge on any atom is 0.253 e. The highest BCUT2D eigenvalue weighted by atomic mass is 16.5. The molecule has 1 aromatic heterocycles. The van der Waals surface area contributed by atoms with E-state index in [0.717, 1.165) is 56.0 Å². The van der Waals surface area contributed by atoms with Crippen molar-refractivity contribution < 1.29 is 9.32 Å². The van der Waals surface area contributed by atoms with Crippen LogP contribution in [0.15, 0.2) is 28.8 Å². The van der Waals surface area contributed by atoms with E-state index in [1.54, 1.807) is 0 Å². The van der Waals surface area contributed by atoms with Crippen molar-refractivity contribution in [3.63, 3.8) is 0 Å². The average molecular weight is 356 g/mol. The summed E-state index contributed by atoms with van der Waals surface area (Å²) in [5.41, 5.74) is 1.89. The van der Waals surface area contributed by atoms with Crippen LogP contribution in [0.25, 0.3) is 0 Å². The Bertz CT molecular complexity index is 741. The normalized spacial score (nSPS) is 16.1. The van der Waals surface area contributed by atoms with Gasteiger partial charge in [-0.3, -0.25) is 9.69 Å². The number of rotatable bonds is 5. The molecule has 0 aliphatic carbocycles. The molecule has 0 atom stereocenters. The average Bonchev–Trinajstić information content (AvgIpc) is 2.89. The number of aryl methyl sites for hydroxylation is 1. The first-order valence-corrected chi connectivity index (χ1v) is 9.41. The van der Waals surface area contributed by atoms with E-state index in [2.05, 4.69) is 28.9 Å². The van der Waals surface area contributed by atoms with E-state index in [4.69, 9.17) is 4.52 Å². The van der Waals surface area contributed by atoms with Gasteiger partial charge in [0.1, 0.15) is 0 Å². The summed E-state index contributed by atoms with van der Waals surface area (Å²) < 4.78 is 5.32. The molecular formula is C20H28N4O2. The number of hydrogen-bond acceptors (Lipinski definition) is 5. The van der Waals surface area contributed by atoms with Gasteiger partial charge in [-0.25, -0.2) is 0 Å². The van der Waals surface area contributed by atoms with Crippen molar-refractivity contribution >= 4 is 5.91 Å². The van der Waals surface area contributed by atoms with E-state index >= 15 is 0 Å². The first-order chi connectivity index (χ1) is 12.5. The number of carbonyl (C=O) groups is 1. The number of hydrogen-bond donors (Lipinski definition) is 0. The van der Waals surface area contributed by atoms with E-state index in [-0.39, 0.29) is 5.91 Å². The zero-order chi connectivity index (χ0) is 18.5. The fourth-order valence-corrected chi connectivity index (χ4v) is 3.28. The van der Waals surface area contributed by atoms with Crippen LogP contribution in [0.2, 0.25) is 0 Å². The second kappa shape index (κ2) is 8.45. The van der Waals surface area contributed by atoms with Crippen molar-refractivity contribution in [3.8, 4) is 0 Å². The van der Waals surface area contributed by atoms with Crippen molar-refractivity contribution in [1.82, 2.24) is 19.9 Å². The second-order valence-corrected chi connectivity index (χ2v) is 7.49. The van der Waals surface area contributed by atoms with Gasteiger partial charge in [-0.1, -0.05) is 36.7 Å². The van der Waals surface area contributed by atoms with Gasteiger partial charge < -0.3 is 9.42 Å². The van der Waals surface area contributed by atoms with Gasteiger partial charge in [-0.2, -0.15) is 4.98 Å². The minimum Gasteiger partial charge on any atom is -0.339 e. The van der Waals surface area contributed by atoms with Crippen molar-refractivity contribution in [2.24, 2.45) is 5.92 Å². The molecule has 0 radical (unpaired) electrons. The van der Waals surface area contributed by atoms with Gasteiger partial charge in [0, 0.05) is 38.2 Å². The lowest BCUT2D eigenvalue weighted by molar-refractivity contribution is 0.0761. The molecule has 1 fully saturated rings. The molecule has 3 rings (SSSR count). The first kappa shape index (κ1) is 18.6. The molecule has 140 valence electrons. The van der Waals surface area contributed by atoms with Crippen LogP contribution >= 0.6 is 0 Å². The predicted octanol–water partition coefficient (Wildman–Crippen LogP) is 2.92. The van der Waals surface area contributed by atoms with Crippen molar-refractivity contribution in [2.75, 3.05) is 26.2 Å². The van der Waals surface area contributed by atoms with Crippen LogP contribution in [0, 0.1) is 12.8 Å². The Balaban J connectivity index is 1.56. The molecule has 6 nitrogen and oxygen atoms in total. The summed E-state index contributed by atoms with van der Waals surface area (Å²) in [6.45, 7) is 10.2. The summed E-state index contributed by atoms with van der Waals surface area (Å²) in [4.78, 5) is 21.5. The lowest BCUT2D eigenvalue weighted by Gasteiger charge is -2.21. The summed E-state index contributed by atoms with van der Waals surface area (Å²) in [6, 6.07) is 7.81. The highest BCUT2D eigenvalue weighted by Gasteiger charge is 2.21. The SMILES string of the molecule is Cc1cccc(C(=O)N2CCCN(Cc3noc(CC(C)C)n3)CC2)c1. The third-order valence-corrected chi connectivity index (χ3v) is 4.60.